The Hall–Kier alpha value is -1.59. The van der Waals surface area contributed by atoms with Crippen LogP contribution in [0.4, 0.5) is 5.69 Å². The third-order valence-electron chi connectivity index (χ3n) is 2.63. The Bertz CT molecular complexity index is 366. The number of rotatable bonds is 9. The zero-order valence-corrected chi connectivity index (χ0v) is 11.3. The summed E-state index contributed by atoms with van der Waals surface area (Å²) >= 11 is 0. The van der Waals surface area contributed by atoms with E-state index in [1.807, 2.05) is 24.3 Å². The summed E-state index contributed by atoms with van der Waals surface area (Å²) in [5, 5.41) is 9.25. The van der Waals surface area contributed by atoms with Gasteiger partial charge in [-0.05, 0) is 30.5 Å². The topological polar surface area (TPSA) is 77.1 Å². The summed E-state index contributed by atoms with van der Waals surface area (Å²) in [6, 6.07) is 7.27. The standard InChI is InChI=1S/C14H22N2O3.2CH4/c1-2-3-8-18-19-11-16-14(10-17)9-12-4-6-13(15)7-5-12;;/h4-7,11,14,17H,2-3,8-10,15H2,1H3;2*1H4/t14-;;/m0../s1. The Morgan fingerprint density at radius 3 is 2.52 bits per heavy atom. The van der Waals surface area contributed by atoms with Gasteiger partial charge in [0.25, 0.3) is 0 Å². The molecule has 3 N–H and O–H groups in total. The van der Waals surface area contributed by atoms with Gasteiger partial charge >= 0.3 is 0 Å². The fourth-order valence-electron chi connectivity index (χ4n) is 1.48. The zero-order chi connectivity index (χ0) is 13.9. The summed E-state index contributed by atoms with van der Waals surface area (Å²) in [7, 11) is 0. The molecule has 5 heteroatoms. The molecule has 0 amide bonds. The fraction of sp³-hybridized carbons (Fsp3) is 0.562. The fourth-order valence-corrected chi connectivity index (χ4v) is 1.48. The van der Waals surface area contributed by atoms with Crippen LogP contribution in [0.25, 0.3) is 0 Å². The molecule has 1 rings (SSSR count). The van der Waals surface area contributed by atoms with Gasteiger partial charge in [0.1, 0.15) is 0 Å². The van der Waals surface area contributed by atoms with Gasteiger partial charge in [-0.3, -0.25) is 0 Å². The van der Waals surface area contributed by atoms with E-state index in [-0.39, 0.29) is 27.5 Å². The summed E-state index contributed by atoms with van der Waals surface area (Å²) in [6.07, 6.45) is 3.87. The Morgan fingerprint density at radius 1 is 1.29 bits per heavy atom. The van der Waals surface area contributed by atoms with Crippen molar-refractivity contribution in [2.45, 2.75) is 47.1 Å². The number of nitrogen functional groups attached to an aromatic ring is 1. The molecule has 122 valence electrons. The number of benzene rings is 1. The second-order valence-corrected chi connectivity index (χ2v) is 4.31. The molecule has 0 aliphatic heterocycles. The van der Waals surface area contributed by atoms with E-state index in [1.54, 1.807) is 0 Å². The molecule has 21 heavy (non-hydrogen) atoms. The normalized spacial score (nSPS) is 11.5. The van der Waals surface area contributed by atoms with Crippen molar-refractivity contribution in [3.63, 3.8) is 0 Å². The van der Waals surface area contributed by atoms with E-state index in [4.69, 9.17) is 15.5 Å². The van der Waals surface area contributed by atoms with Gasteiger partial charge in [0, 0.05) is 5.69 Å². The number of aliphatic hydroxyl groups is 1. The lowest BCUT2D eigenvalue weighted by Crippen LogP contribution is -2.14. The van der Waals surface area contributed by atoms with Gasteiger partial charge < -0.3 is 15.7 Å². The number of aliphatic hydroxyl groups excluding tert-OH is 1. The molecule has 1 atom stereocenters. The van der Waals surface area contributed by atoms with Crippen molar-refractivity contribution in [2.75, 3.05) is 18.9 Å². The number of nitrogens with zero attached hydrogens (tertiary/aromatic N) is 1. The molecule has 0 fully saturated rings. The summed E-state index contributed by atoms with van der Waals surface area (Å²) in [5.41, 5.74) is 7.40. The number of hydrogen-bond acceptors (Lipinski definition) is 5. The molecule has 0 spiro atoms. The maximum absolute atomic E-state index is 9.25. The van der Waals surface area contributed by atoms with Crippen LogP contribution in [0.5, 0.6) is 0 Å². The van der Waals surface area contributed by atoms with Gasteiger partial charge in [-0.1, -0.05) is 40.3 Å². The number of hydrogen-bond donors (Lipinski definition) is 2. The third kappa shape index (κ3) is 9.87. The van der Waals surface area contributed by atoms with Crippen LogP contribution in [-0.4, -0.2) is 30.8 Å². The number of aliphatic imine (C=N–C) groups is 1. The van der Waals surface area contributed by atoms with Gasteiger partial charge in [0.2, 0.25) is 6.40 Å². The summed E-state index contributed by atoms with van der Waals surface area (Å²) in [6.45, 7) is 2.58. The van der Waals surface area contributed by atoms with Crippen molar-refractivity contribution in [1.82, 2.24) is 0 Å². The molecule has 0 aromatic heterocycles. The number of nitrogens with two attached hydrogens (primary N) is 1. The smallest absolute Gasteiger partial charge is 0.215 e. The summed E-state index contributed by atoms with van der Waals surface area (Å²) < 4.78 is 0. The molecule has 0 radical (unpaired) electrons. The molecule has 0 heterocycles. The van der Waals surface area contributed by atoms with Crippen molar-refractivity contribution >= 4 is 12.1 Å². The van der Waals surface area contributed by atoms with E-state index in [0.717, 1.165) is 24.1 Å². The minimum Gasteiger partial charge on any atom is -0.399 e. The minimum atomic E-state index is -0.238. The van der Waals surface area contributed by atoms with E-state index in [9.17, 15) is 5.11 Å². The average Bonchev–Trinajstić information content (AvgIpc) is 2.43. The number of unbranched alkanes of at least 4 members (excludes halogenated alkanes) is 1. The first-order valence-electron chi connectivity index (χ1n) is 6.51. The van der Waals surface area contributed by atoms with Crippen LogP contribution in [-0.2, 0) is 16.2 Å². The highest BCUT2D eigenvalue weighted by atomic mass is 17.2. The van der Waals surface area contributed by atoms with Crippen molar-refractivity contribution in [1.29, 1.82) is 0 Å². The molecule has 0 aliphatic rings. The van der Waals surface area contributed by atoms with E-state index in [1.165, 1.54) is 6.40 Å². The highest BCUT2D eigenvalue weighted by molar-refractivity contribution is 5.46. The molecular formula is C16H30N2O3. The van der Waals surface area contributed by atoms with Gasteiger partial charge in [0.05, 0.1) is 19.3 Å². The van der Waals surface area contributed by atoms with Gasteiger partial charge in [-0.2, -0.15) is 4.89 Å². The monoisotopic (exact) mass is 298 g/mol. The Balaban J connectivity index is 0. The molecule has 0 unspecified atom stereocenters. The van der Waals surface area contributed by atoms with E-state index in [2.05, 4.69) is 11.9 Å². The molecule has 1 aromatic carbocycles. The average molecular weight is 298 g/mol. The molecule has 0 aliphatic carbocycles. The van der Waals surface area contributed by atoms with Gasteiger partial charge in [-0.15, -0.1) is 0 Å². The summed E-state index contributed by atoms with van der Waals surface area (Å²) in [5.74, 6) is 0. The van der Waals surface area contributed by atoms with Crippen molar-refractivity contribution in [3.8, 4) is 0 Å². The first-order valence-corrected chi connectivity index (χ1v) is 6.51. The zero-order valence-electron chi connectivity index (χ0n) is 11.3. The summed E-state index contributed by atoms with van der Waals surface area (Å²) in [4.78, 5) is 13.8. The maximum atomic E-state index is 9.25. The molecule has 0 bridgehead atoms. The third-order valence-corrected chi connectivity index (χ3v) is 2.63. The van der Waals surface area contributed by atoms with E-state index >= 15 is 0 Å². The molecule has 0 saturated carbocycles. The van der Waals surface area contributed by atoms with Gasteiger partial charge in [0.15, 0.2) is 0 Å². The van der Waals surface area contributed by atoms with Crippen LogP contribution in [0, 0.1) is 0 Å². The van der Waals surface area contributed by atoms with Crippen LogP contribution < -0.4 is 5.73 Å². The Morgan fingerprint density at radius 2 is 1.95 bits per heavy atom. The predicted molar refractivity (Wildman–Crippen MR) is 89.3 cm³/mol. The van der Waals surface area contributed by atoms with Crippen molar-refractivity contribution in [3.05, 3.63) is 29.8 Å². The predicted octanol–water partition coefficient (Wildman–Crippen LogP) is 3.22. The quantitative estimate of drug-likeness (QED) is 0.183. The lowest BCUT2D eigenvalue weighted by Gasteiger charge is -2.09. The second kappa shape index (κ2) is 13.4. The van der Waals surface area contributed by atoms with Crippen LogP contribution in [0.15, 0.2) is 29.3 Å². The Labute approximate surface area is 128 Å². The van der Waals surface area contributed by atoms with Crippen molar-refractivity contribution in [2.24, 2.45) is 4.99 Å². The second-order valence-electron chi connectivity index (χ2n) is 4.31. The molecular weight excluding hydrogens is 268 g/mol. The first kappa shape index (κ1) is 21.7. The van der Waals surface area contributed by atoms with Crippen LogP contribution >= 0.6 is 0 Å². The number of anilines is 1. The maximum Gasteiger partial charge on any atom is 0.215 e. The SMILES string of the molecule is C.C.CCCCOOC=N[C@H](CO)Cc1ccc(N)cc1. The van der Waals surface area contributed by atoms with E-state index in [0.29, 0.717) is 13.0 Å². The van der Waals surface area contributed by atoms with E-state index < -0.39 is 0 Å². The minimum absolute atomic E-state index is 0. The van der Waals surface area contributed by atoms with Crippen LogP contribution in [0.1, 0.15) is 40.2 Å². The Kier molecular flexibility index (Phi) is 13.8. The first-order chi connectivity index (χ1) is 9.26. The largest absolute Gasteiger partial charge is 0.399 e. The lowest BCUT2D eigenvalue weighted by atomic mass is 10.1. The van der Waals surface area contributed by atoms with Crippen LogP contribution in [0.2, 0.25) is 0 Å². The lowest BCUT2D eigenvalue weighted by molar-refractivity contribution is -0.217. The molecule has 5 nitrogen and oxygen atoms in total. The molecule has 0 saturated heterocycles. The van der Waals surface area contributed by atoms with Crippen molar-refractivity contribution < 1.29 is 14.9 Å². The highest BCUT2D eigenvalue weighted by Gasteiger charge is 2.06. The molecule has 1 aromatic rings. The van der Waals surface area contributed by atoms with Crippen LogP contribution in [0.3, 0.4) is 0 Å². The van der Waals surface area contributed by atoms with Gasteiger partial charge in [-0.25, -0.2) is 4.99 Å². The highest BCUT2D eigenvalue weighted by Crippen LogP contribution is 2.09.